The molecule has 0 aliphatic heterocycles. The average Bonchev–Trinajstić information content (AvgIpc) is 2.49. The lowest BCUT2D eigenvalue weighted by molar-refractivity contribution is 0.254. The largest absolute Gasteiger partial charge is 0.508 e. The van der Waals surface area contributed by atoms with Crippen molar-refractivity contribution in [3.05, 3.63) is 56.5 Å². The first-order valence-electron chi connectivity index (χ1n) is 7.38. The van der Waals surface area contributed by atoms with Crippen LogP contribution in [0.3, 0.4) is 0 Å². The Labute approximate surface area is 148 Å². The van der Waals surface area contributed by atoms with Crippen molar-refractivity contribution in [2.75, 3.05) is 6.61 Å². The van der Waals surface area contributed by atoms with Gasteiger partial charge in [0.15, 0.2) is 0 Å². The van der Waals surface area contributed by atoms with Crippen molar-refractivity contribution in [2.45, 2.75) is 26.7 Å². The first-order valence-corrected chi connectivity index (χ1v) is 8.96. The molecule has 0 spiro atoms. The zero-order valence-corrected chi connectivity index (χ0v) is 15.9. The van der Waals surface area contributed by atoms with E-state index in [2.05, 4.69) is 45.7 Å². The molecule has 2 nitrogen and oxygen atoms in total. The van der Waals surface area contributed by atoms with E-state index in [0.29, 0.717) is 24.7 Å². The van der Waals surface area contributed by atoms with E-state index in [4.69, 9.17) is 4.74 Å². The molecule has 2 rings (SSSR count). The highest BCUT2D eigenvalue weighted by atomic mass is 79.9. The van der Waals surface area contributed by atoms with Gasteiger partial charge in [0.1, 0.15) is 11.5 Å². The molecular weight excluding hydrogens is 408 g/mol. The van der Waals surface area contributed by atoms with Gasteiger partial charge in [-0.25, -0.2) is 0 Å². The molecule has 2 aromatic carbocycles. The predicted octanol–water partition coefficient (Wildman–Crippen LogP) is 5.93. The fourth-order valence-corrected chi connectivity index (χ4v) is 2.89. The second-order valence-corrected chi connectivity index (χ2v) is 7.36. The number of phenolic OH excluding ortho intramolecular Hbond substituents is 1. The summed E-state index contributed by atoms with van der Waals surface area (Å²) < 4.78 is 7.94. The maximum absolute atomic E-state index is 10.0. The van der Waals surface area contributed by atoms with Gasteiger partial charge in [0, 0.05) is 15.4 Å². The fourth-order valence-electron chi connectivity index (χ4n) is 2.08. The number of phenols is 1. The summed E-state index contributed by atoms with van der Waals surface area (Å²) in [4.78, 5) is 0. The number of halogens is 2. The third kappa shape index (κ3) is 4.75. The van der Waals surface area contributed by atoms with Crippen molar-refractivity contribution in [1.82, 2.24) is 0 Å². The van der Waals surface area contributed by atoms with Crippen molar-refractivity contribution in [3.63, 3.8) is 0 Å². The second kappa shape index (κ2) is 8.02. The van der Waals surface area contributed by atoms with E-state index in [1.165, 1.54) is 0 Å². The zero-order valence-electron chi connectivity index (χ0n) is 12.8. The fraction of sp³-hybridized carbons (Fsp3) is 0.333. The normalized spacial score (nSPS) is 12.2. The highest BCUT2D eigenvalue weighted by Gasteiger charge is 2.10. The van der Waals surface area contributed by atoms with E-state index < -0.39 is 0 Å². The van der Waals surface area contributed by atoms with Crippen molar-refractivity contribution < 1.29 is 9.84 Å². The Kier molecular flexibility index (Phi) is 6.33. The summed E-state index contributed by atoms with van der Waals surface area (Å²) in [5.74, 6) is 1.70. The van der Waals surface area contributed by atoms with Crippen molar-refractivity contribution in [1.29, 1.82) is 0 Å². The van der Waals surface area contributed by atoms with Crippen LogP contribution in [0.2, 0.25) is 0 Å². The second-order valence-electron chi connectivity index (χ2n) is 5.53. The number of hydrogen-bond donors (Lipinski definition) is 1. The van der Waals surface area contributed by atoms with Crippen LogP contribution in [0.4, 0.5) is 0 Å². The third-order valence-electron chi connectivity index (χ3n) is 3.67. The average molecular weight is 428 g/mol. The van der Waals surface area contributed by atoms with Gasteiger partial charge in [0.25, 0.3) is 0 Å². The number of rotatable bonds is 6. The lowest BCUT2D eigenvalue weighted by Crippen LogP contribution is -2.08. The van der Waals surface area contributed by atoms with Crippen LogP contribution >= 0.6 is 31.9 Å². The number of ether oxygens (including phenoxy) is 1. The summed E-state index contributed by atoms with van der Waals surface area (Å²) in [5, 5.41) is 10.0. The Hall–Kier alpha value is -1.00. The molecule has 22 heavy (non-hydrogen) atoms. The molecule has 0 fully saturated rings. The highest BCUT2D eigenvalue weighted by molar-refractivity contribution is 9.10. The van der Waals surface area contributed by atoms with Gasteiger partial charge in [-0.05, 0) is 53.4 Å². The molecule has 0 saturated carbocycles. The summed E-state index contributed by atoms with van der Waals surface area (Å²) in [7, 11) is 0. The molecule has 2 aromatic rings. The van der Waals surface area contributed by atoms with E-state index in [-0.39, 0.29) is 0 Å². The third-order valence-corrected chi connectivity index (χ3v) is 4.65. The maximum Gasteiger partial charge on any atom is 0.122 e. The predicted molar refractivity (Wildman–Crippen MR) is 97.7 cm³/mol. The summed E-state index contributed by atoms with van der Waals surface area (Å²) in [6.45, 7) is 5.05. The molecule has 0 aromatic heterocycles. The van der Waals surface area contributed by atoms with Crippen LogP contribution in [0.15, 0.2) is 45.3 Å². The minimum atomic E-state index is 0.302. The summed E-state index contributed by atoms with van der Waals surface area (Å²) in [5.41, 5.74) is 1.94. The zero-order chi connectivity index (χ0) is 16.1. The van der Waals surface area contributed by atoms with Crippen molar-refractivity contribution >= 4 is 31.9 Å². The molecule has 0 aliphatic carbocycles. The minimum absolute atomic E-state index is 0.302. The van der Waals surface area contributed by atoms with E-state index in [9.17, 15) is 5.11 Å². The molecule has 1 N–H and O–H groups in total. The molecule has 4 heteroatoms. The van der Waals surface area contributed by atoms with Gasteiger partial charge in [-0.2, -0.15) is 0 Å². The van der Waals surface area contributed by atoms with Crippen LogP contribution in [0, 0.1) is 5.92 Å². The van der Waals surface area contributed by atoms with Gasteiger partial charge in [-0.3, -0.25) is 0 Å². The van der Waals surface area contributed by atoms with Gasteiger partial charge >= 0.3 is 0 Å². The van der Waals surface area contributed by atoms with Crippen molar-refractivity contribution in [3.8, 4) is 11.5 Å². The van der Waals surface area contributed by atoms with Gasteiger partial charge in [0.2, 0.25) is 0 Å². The Morgan fingerprint density at radius 1 is 1.05 bits per heavy atom. The number of aromatic hydroxyl groups is 1. The lowest BCUT2D eigenvalue weighted by Gasteiger charge is -2.15. The van der Waals surface area contributed by atoms with Crippen LogP contribution in [-0.2, 0) is 6.42 Å². The van der Waals surface area contributed by atoms with E-state index in [0.717, 1.165) is 32.2 Å². The van der Waals surface area contributed by atoms with Gasteiger partial charge in [-0.1, -0.05) is 52.1 Å². The summed E-state index contributed by atoms with van der Waals surface area (Å²) >= 11 is 6.96. The molecular formula is C18H20Br2O2. The lowest BCUT2D eigenvalue weighted by atomic mass is 10.0. The van der Waals surface area contributed by atoms with E-state index in [1.807, 2.05) is 30.3 Å². The van der Waals surface area contributed by atoms with Crippen LogP contribution in [0.1, 0.15) is 31.4 Å². The topological polar surface area (TPSA) is 29.5 Å². The van der Waals surface area contributed by atoms with E-state index in [1.54, 1.807) is 6.07 Å². The monoisotopic (exact) mass is 426 g/mol. The van der Waals surface area contributed by atoms with Crippen LogP contribution in [-0.4, -0.2) is 11.7 Å². The van der Waals surface area contributed by atoms with Crippen LogP contribution in [0.5, 0.6) is 11.5 Å². The highest BCUT2D eigenvalue weighted by Crippen LogP contribution is 2.30. The molecule has 0 unspecified atom stereocenters. The Bertz CT molecular complexity index is 641. The number of benzene rings is 2. The smallest absolute Gasteiger partial charge is 0.122 e. The Morgan fingerprint density at radius 2 is 1.68 bits per heavy atom. The summed E-state index contributed by atoms with van der Waals surface area (Å²) in [6.07, 6.45) is 1.72. The summed E-state index contributed by atoms with van der Waals surface area (Å²) in [6, 6.07) is 11.5. The quantitative estimate of drug-likeness (QED) is 0.618. The van der Waals surface area contributed by atoms with Gasteiger partial charge in [0.05, 0.1) is 6.61 Å². The molecule has 0 amide bonds. The molecule has 0 bridgehead atoms. The SMILES string of the molecule is CC[C@H](C)COc1ccc(Br)cc1Cc1cc(Br)ccc1O. The van der Waals surface area contributed by atoms with Gasteiger partial charge < -0.3 is 9.84 Å². The standard InChI is InChI=1S/C18H20Br2O2/c1-3-12(2)11-22-18-7-5-16(20)10-14(18)8-13-9-15(19)4-6-17(13)21/h4-7,9-10,12,21H,3,8,11H2,1-2H3/t12-/m0/s1. The first kappa shape index (κ1) is 17.4. The van der Waals surface area contributed by atoms with Gasteiger partial charge in [-0.15, -0.1) is 0 Å². The van der Waals surface area contributed by atoms with E-state index >= 15 is 0 Å². The molecule has 0 aliphatic rings. The van der Waals surface area contributed by atoms with Crippen LogP contribution < -0.4 is 4.74 Å². The molecule has 0 heterocycles. The first-order chi connectivity index (χ1) is 10.5. The number of hydrogen-bond acceptors (Lipinski definition) is 2. The van der Waals surface area contributed by atoms with Crippen molar-refractivity contribution in [2.24, 2.45) is 5.92 Å². The maximum atomic E-state index is 10.0. The molecule has 0 saturated heterocycles. The molecule has 0 radical (unpaired) electrons. The molecule has 1 atom stereocenters. The molecule has 118 valence electrons. The Balaban J connectivity index is 2.25. The Morgan fingerprint density at radius 3 is 2.36 bits per heavy atom. The minimum Gasteiger partial charge on any atom is -0.508 e. The van der Waals surface area contributed by atoms with Crippen LogP contribution in [0.25, 0.3) is 0 Å².